The second kappa shape index (κ2) is 5.25. The Morgan fingerprint density at radius 1 is 1.30 bits per heavy atom. The lowest BCUT2D eigenvalue weighted by molar-refractivity contribution is -0.0682. The van der Waals surface area contributed by atoms with Gasteiger partial charge in [0.25, 0.3) is 0 Å². The summed E-state index contributed by atoms with van der Waals surface area (Å²) in [6.45, 7) is 0. The van der Waals surface area contributed by atoms with Crippen LogP contribution in [-0.4, -0.2) is 29.0 Å². The Morgan fingerprint density at radius 2 is 1.95 bits per heavy atom. The fourth-order valence-electron chi connectivity index (χ4n) is 5.55. The Morgan fingerprint density at radius 3 is 2.45 bits per heavy atom. The van der Waals surface area contributed by atoms with E-state index in [0.717, 1.165) is 27.8 Å². The summed E-state index contributed by atoms with van der Waals surface area (Å²) in [5, 5.41) is 11.8. The largest absolute Gasteiger partial charge is 0.316 e. The van der Waals surface area contributed by atoms with Gasteiger partial charge in [-0.2, -0.15) is 0 Å². The molecule has 110 valence electrons. The molecule has 0 saturated heterocycles. The number of hydrogen-bond donors (Lipinski definition) is 1. The van der Waals surface area contributed by atoms with E-state index in [4.69, 9.17) is 0 Å². The van der Waals surface area contributed by atoms with E-state index in [0.29, 0.717) is 11.5 Å². The molecule has 0 aromatic carbocycles. The molecule has 20 heavy (non-hydrogen) atoms. The Balaban J connectivity index is 1.49. The van der Waals surface area contributed by atoms with E-state index in [-0.39, 0.29) is 0 Å². The maximum atomic E-state index is 4.17. The highest BCUT2D eigenvalue weighted by atomic mass is 32.2. The van der Waals surface area contributed by atoms with Gasteiger partial charge in [0.2, 0.25) is 0 Å². The number of aromatic nitrogens is 2. The highest BCUT2D eigenvalue weighted by molar-refractivity contribution is 8.01. The lowest BCUT2D eigenvalue weighted by Crippen LogP contribution is -2.56. The van der Waals surface area contributed by atoms with E-state index in [1.165, 1.54) is 38.5 Å². The van der Waals surface area contributed by atoms with Crippen molar-refractivity contribution < 1.29 is 0 Å². The molecule has 5 rings (SSSR count). The molecule has 4 bridgehead atoms. The predicted molar refractivity (Wildman–Crippen MR) is 84.1 cm³/mol. The topological polar surface area (TPSA) is 37.8 Å². The number of rotatable bonds is 5. The molecular formula is C15H23N3S2. The molecule has 1 aromatic heterocycles. The fourth-order valence-corrected chi connectivity index (χ4v) is 7.37. The Hall–Kier alpha value is -0.130. The molecule has 5 heteroatoms. The van der Waals surface area contributed by atoms with Crippen LogP contribution in [0.25, 0.3) is 0 Å². The molecule has 1 aromatic rings. The molecule has 0 radical (unpaired) electrons. The predicted octanol–water partition coefficient (Wildman–Crippen LogP) is 3.43. The lowest BCUT2D eigenvalue weighted by Gasteiger charge is -2.59. The van der Waals surface area contributed by atoms with Crippen LogP contribution in [0.1, 0.15) is 38.5 Å². The van der Waals surface area contributed by atoms with Crippen LogP contribution in [-0.2, 0) is 0 Å². The normalized spacial score (nSPS) is 40.1. The van der Waals surface area contributed by atoms with Gasteiger partial charge in [-0.05, 0) is 68.7 Å². The maximum absolute atomic E-state index is 4.17. The molecule has 0 amide bonds. The molecule has 4 saturated carbocycles. The summed E-state index contributed by atoms with van der Waals surface area (Å²) in [7, 11) is 2.16. The van der Waals surface area contributed by atoms with Crippen molar-refractivity contribution in [2.24, 2.45) is 23.2 Å². The van der Waals surface area contributed by atoms with Gasteiger partial charge < -0.3 is 5.32 Å². The van der Waals surface area contributed by atoms with Crippen molar-refractivity contribution in [3.05, 3.63) is 5.51 Å². The minimum absolute atomic E-state index is 0.585. The molecule has 4 aliphatic rings. The third-order valence-corrected chi connectivity index (χ3v) is 7.84. The Labute approximate surface area is 129 Å². The lowest BCUT2D eigenvalue weighted by atomic mass is 9.48. The smallest absolute Gasteiger partial charge is 0.174 e. The first-order chi connectivity index (χ1) is 9.77. The molecule has 1 N–H and O–H groups in total. The van der Waals surface area contributed by atoms with Gasteiger partial charge in [-0.1, -0.05) is 23.1 Å². The van der Waals surface area contributed by atoms with Crippen molar-refractivity contribution >= 4 is 23.1 Å². The van der Waals surface area contributed by atoms with Crippen molar-refractivity contribution in [1.29, 1.82) is 0 Å². The number of nitrogens with zero attached hydrogens (tertiary/aromatic N) is 2. The summed E-state index contributed by atoms with van der Waals surface area (Å²) >= 11 is 3.56. The van der Waals surface area contributed by atoms with E-state index in [1.54, 1.807) is 11.3 Å². The van der Waals surface area contributed by atoms with Crippen molar-refractivity contribution in [2.45, 2.75) is 48.9 Å². The summed E-state index contributed by atoms with van der Waals surface area (Å²) < 4.78 is 1.12. The molecule has 0 aliphatic heterocycles. The van der Waals surface area contributed by atoms with Gasteiger partial charge in [0.1, 0.15) is 5.51 Å². The first-order valence-corrected chi connectivity index (χ1v) is 9.70. The van der Waals surface area contributed by atoms with Crippen molar-refractivity contribution in [3.8, 4) is 0 Å². The van der Waals surface area contributed by atoms with Gasteiger partial charge in [-0.3, -0.25) is 0 Å². The van der Waals surface area contributed by atoms with E-state index in [2.05, 4.69) is 22.6 Å². The Bertz CT molecular complexity index is 424. The van der Waals surface area contributed by atoms with Crippen LogP contribution in [0.2, 0.25) is 0 Å². The van der Waals surface area contributed by atoms with Gasteiger partial charge in [0, 0.05) is 11.8 Å². The van der Waals surface area contributed by atoms with Crippen molar-refractivity contribution in [3.63, 3.8) is 0 Å². The summed E-state index contributed by atoms with van der Waals surface area (Å²) in [6.07, 6.45) is 9.00. The highest BCUT2D eigenvalue weighted by Gasteiger charge is 2.53. The minimum Gasteiger partial charge on any atom is -0.316 e. The zero-order chi connectivity index (χ0) is 13.6. The van der Waals surface area contributed by atoms with Gasteiger partial charge in [-0.25, -0.2) is 0 Å². The third kappa shape index (κ3) is 2.32. The summed E-state index contributed by atoms with van der Waals surface area (Å²) in [5.41, 5.74) is 2.42. The van der Waals surface area contributed by atoms with Crippen molar-refractivity contribution in [1.82, 2.24) is 15.5 Å². The van der Waals surface area contributed by atoms with E-state index in [9.17, 15) is 0 Å². The van der Waals surface area contributed by atoms with Gasteiger partial charge in [0.05, 0.1) is 0 Å². The van der Waals surface area contributed by atoms with Crippen LogP contribution < -0.4 is 5.32 Å². The second-order valence-electron chi connectivity index (χ2n) is 7.14. The first kappa shape index (κ1) is 13.5. The standard InChI is InChI=1S/C15H23N3S2/c1-16-13(8-19-14-18-17-9-20-14)15-5-10-2-11(6-15)4-12(3-10)7-15/h9-13,16H,2-8H2,1H3. The van der Waals surface area contributed by atoms with Gasteiger partial charge in [-0.15, -0.1) is 10.2 Å². The van der Waals surface area contributed by atoms with Crippen LogP contribution in [0, 0.1) is 23.2 Å². The van der Waals surface area contributed by atoms with Crippen LogP contribution in [0.15, 0.2) is 9.85 Å². The third-order valence-electron chi connectivity index (χ3n) is 5.89. The van der Waals surface area contributed by atoms with Crippen LogP contribution in [0.4, 0.5) is 0 Å². The molecule has 1 heterocycles. The van der Waals surface area contributed by atoms with E-state index < -0.39 is 0 Å². The van der Waals surface area contributed by atoms with Crippen LogP contribution >= 0.6 is 23.1 Å². The SMILES string of the molecule is CNC(CSc1nncs1)C12CC3CC(CC(C3)C1)C2. The molecule has 4 fully saturated rings. The van der Waals surface area contributed by atoms with Gasteiger partial charge in [0.15, 0.2) is 4.34 Å². The van der Waals surface area contributed by atoms with Crippen molar-refractivity contribution in [2.75, 3.05) is 12.8 Å². The minimum atomic E-state index is 0.585. The molecule has 1 unspecified atom stereocenters. The summed E-state index contributed by atoms with van der Waals surface area (Å²) in [4.78, 5) is 0. The molecule has 3 nitrogen and oxygen atoms in total. The second-order valence-corrected chi connectivity index (χ2v) is 9.24. The number of hydrogen-bond acceptors (Lipinski definition) is 5. The number of thioether (sulfide) groups is 1. The summed E-state index contributed by atoms with van der Waals surface area (Å²) in [5.74, 6) is 4.24. The summed E-state index contributed by atoms with van der Waals surface area (Å²) in [6, 6.07) is 0.643. The Kier molecular flexibility index (Phi) is 3.55. The van der Waals surface area contributed by atoms with Gasteiger partial charge >= 0.3 is 0 Å². The maximum Gasteiger partial charge on any atom is 0.174 e. The molecule has 0 spiro atoms. The van der Waals surface area contributed by atoms with E-state index >= 15 is 0 Å². The van der Waals surface area contributed by atoms with Crippen LogP contribution in [0.5, 0.6) is 0 Å². The number of nitrogens with one attached hydrogen (secondary N) is 1. The molecule has 1 atom stereocenters. The fraction of sp³-hybridized carbons (Fsp3) is 0.867. The zero-order valence-corrected chi connectivity index (χ0v) is 13.7. The monoisotopic (exact) mass is 309 g/mol. The average Bonchev–Trinajstić information content (AvgIpc) is 2.90. The first-order valence-electron chi connectivity index (χ1n) is 7.83. The average molecular weight is 310 g/mol. The van der Waals surface area contributed by atoms with E-state index in [1.807, 2.05) is 17.3 Å². The quantitative estimate of drug-likeness (QED) is 0.846. The highest BCUT2D eigenvalue weighted by Crippen LogP contribution is 2.61. The van der Waals surface area contributed by atoms with Crippen LogP contribution in [0.3, 0.4) is 0 Å². The molecule has 4 aliphatic carbocycles. The molecular weight excluding hydrogens is 286 g/mol. The zero-order valence-electron chi connectivity index (χ0n) is 12.0.